The molecule has 1 heterocycles. The van der Waals surface area contributed by atoms with Crippen LogP contribution in [0.4, 0.5) is 5.00 Å². The van der Waals surface area contributed by atoms with Crippen LogP contribution in [-0.4, -0.2) is 17.0 Å². The van der Waals surface area contributed by atoms with Crippen LogP contribution in [0.2, 0.25) is 0 Å². The van der Waals surface area contributed by atoms with Crippen molar-refractivity contribution in [2.45, 2.75) is 20.8 Å². The Morgan fingerprint density at radius 3 is 2.65 bits per heavy atom. The number of amides is 1. The number of thiophene rings is 1. The molecule has 0 aromatic carbocycles. The number of hydrogen-bond acceptors (Lipinski definition) is 5. The molecule has 92 valence electrons. The number of nitrogens with zero attached hydrogens (tertiary/aromatic N) is 2. The summed E-state index contributed by atoms with van der Waals surface area (Å²) in [6, 6.07) is 2.98. The molecule has 1 rings (SSSR count). The van der Waals surface area contributed by atoms with Crippen molar-refractivity contribution in [3.8, 4) is 0 Å². The molecule has 0 aliphatic heterocycles. The van der Waals surface area contributed by atoms with E-state index in [-0.39, 0.29) is 10.9 Å². The van der Waals surface area contributed by atoms with Gasteiger partial charge in [-0.15, -0.1) is 0 Å². The first-order valence-electron chi connectivity index (χ1n) is 4.88. The van der Waals surface area contributed by atoms with Crippen LogP contribution in [0.15, 0.2) is 17.2 Å². The Labute approximate surface area is 102 Å². The summed E-state index contributed by atoms with van der Waals surface area (Å²) in [6.45, 7) is 5.31. The average molecular weight is 255 g/mol. The van der Waals surface area contributed by atoms with Crippen molar-refractivity contribution in [3.63, 3.8) is 0 Å². The van der Waals surface area contributed by atoms with E-state index in [0.29, 0.717) is 4.88 Å². The lowest BCUT2D eigenvalue weighted by molar-refractivity contribution is -0.380. The standard InChI is InChI=1S/C10H13N3O3S/c1-10(2,3)9(14)12-11-6-7-4-5-8(17-7)13(15)16/h4-6H,1-3H3,(H,12,14)/b11-6-. The van der Waals surface area contributed by atoms with E-state index >= 15 is 0 Å². The van der Waals surface area contributed by atoms with Gasteiger partial charge in [0.15, 0.2) is 0 Å². The Morgan fingerprint density at radius 2 is 2.18 bits per heavy atom. The van der Waals surface area contributed by atoms with Gasteiger partial charge in [-0.2, -0.15) is 5.10 Å². The van der Waals surface area contributed by atoms with E-state index in [9.17, 15) is 14.9 Å². The van der Waals surface area contributed by atoms with Gasteiger partial charge in [0.2, 0.25) is 5.91 Å². The first-order valence-corrected chi connectivity index (χ1v) is 5.70. The van der Waals surface area contributed by atoms with E-state index in [1.54, 1.807) is 26.8 Å². The summed E-state index contributed by atoms with van der Waals surface area (Å²) in [6.07, 6.45) is 1.39. The molecule has 0 bridgehead atoms. The maximum atomic E-state index is 11.4. The van der Waals surface area contributed by atoms with E-state index in [2.05, 4.69) is 10.5 Å². The molecule has 0 radical (unpaired) electrons. The average Bonchev–Trinajstić information content (AvgIpc) is 2.64. The third-order valence-electron chi connectivity index (χ3n) is 1.83. The summed E-state index contributed by atoms with van der Waals surface area (Å²) in [4.78, 5) is 22.0. The largest absolute Gasteiger partial charge is 0.324 e. The second-order valence-corrected chi connectivity index (χ2v) is 5.48. The van der Waals surface area contributed by atoms with Crippen molar-refractivity contribution >= 4 is 28.5 Å². The molecular weight excluding hydrogens is 242 g/mol. The molecule has 1 aromatic rings. The number of hydrazone groups is 1. The molecule has 0 saturated carbocycles. The van der Waals surface area contributed by atoms with Gasteiger partial charge in [-0.05, 0) is 6.07 Å². The van der Waals surface area contributed by atoms with Gasteiger partial charge in [-0.1, -0.05) is 32.1 Å². The lowest BCUT2D eigenvalue weighted by atomic mass is 9.96. The lowest BCUT2D eigenvalue weighted by Gasteiger charge is -2.14. The van der Waals surface area contributed by atoms with Crippen molar-refractivity contribution in [1.82, 2.24) is 5.43 Å². The van der Waals surface area contributed by atoms with Crippen LogP contribution < -0.4 is 5.43 Å². The zero-order valence-electron chi connectivity index (χ0n) is 9.76. The van der Waals surface area contributed by atoms with Crippen LogP contribution >= 0.6 is 11.3 Å². The quantitative estimate of drug-likeness (QED) is 0.510. The van der Waals surface area contributed by atoms with Gasteiger partial charge in [-0.3, -0.25) is 14.9 Å². The van der Waals surface area contributed by atoms with E-state index < -0.39 is 10.3 Å². The molecule has 0 unspecified atom stereocenters. The van der Waals surface area contributed by atoms with Crippen LogP contribution in [-0.2, 0) is 4.79 Å². The Hall–Kier alpha value is -1.76. The molecule has 1 N–H and O–H groups in total. The molecule has 0 spiro atoms. The highest BCUT2D eigenvalue weighted by atomic mass is 32.1. The molecule has 0 aliphatic carbocycles. The summed E-state index contributed by atoms with van der Waals surface area (Å²) < 4.78 is 0. The predicted octanol–water partition coefficient (Wildman–Crippen LogP) is 2.15. The number of nitrogens with one attached hydrogen (secondary N) is 1. The van der Waals surface area contributed by atoms with Gasteiger partial charge in [0.1, 0.15) is 0 Å². The summed E-state index contributed by atoms with van der Waals surface area (Å²) in [5, 5.41) is 14.2. The summed E-state index contributed by atoms with van der Waals surface area (Å²) in [7, 11) is 0. The molecule has 7 heteroatoms. The normalized spacial score (nSPS) is 11.7. The number of nitro groups is 1. The minimum Gasteiger partial charge on any atom is -0.273 e. The molecule has 0 aliphatic rings. The van der Waals surface area contributed by atoms with Gasteiger partial charge in [-0.25, -0.2) is 5.43 Å². The molecule has 0 atom stereocenters. The van der Waals surface area contributed by atoms with E-state index in [1.807, 2.05) is 0 Å². The Kier molecular flexibility index (Phi) is 3.95. The van der Waals surface area contributed by atoms with Gasteiger partial charge >= 0.3 is 5.00 Å². The fourth-order valence-electron chi connectivity index (χ4n) is 0.832. The number of carbonyl (C=O) groups excluding carboxylic acids is 1. The number of hydrogen-bond donors (Lipinski definition) is 1. The first kappa shape index (κ1) is 13.3. The molecule has 0 saturated heterocycles. The van der Waals surface area contributed by atoms with Crippen LogP contribution in [0.1, 0.15) is 25.6 Å². The minimum absolute atomic E-state index is 0.0496. The topological polar surface area (TPSA) is 84.6 Å². The zero-order valence-corrected chi connectivity index (χ0v) is 10.6. The molecular formula is C10H13N3O3S. The van der Waals surface area contributed by atoms with Gasteiger partial charge in [0, 0.05) is 11.5 Å². The smallest absolute Gasteiger partial charge is 0.273 e. The minimum atomic E-state index is -0.515. The summed E-state index contributed by atoms with van der Waals surface area (Å²) in [5.74, 6) is -0.209. The van der Waals surface area contributed by atoms with Gasteiger partial charge in [0.05, 0.1) is 16.0 Å². The number of rotatable bonds is 3. The molecule has 0 fully saturated rings. The second-order valence-electron chi connectivity index (χ2n) is 4.38. The van der Waals surface area contributed by atoms with Crippen LogP contribution in [0.25, 0.3) is 0 Å². The van der Waals surface area contributed by atoms with E-state index in [4.69, 9.17) is 0 Å². The molecule has 17 heavy (non-hydrogen) atoms. The Morgan fingerprint density at radius 1 is 1.53 bits per heavy atom. The third-order valence-corrected chi connectivity index (χ3v) is 2.80. The molecule has 1 amide bonds. The summed E-state index contributed by atoms with van der Waals surface area (Å²) >= 11 is 1.00. The lowest BCUT2D eigenvalue weighted by Crippen LogP contribution is -2.31. The van der Waals surface area contributed by atoms with Gasteiger partial charge < -0.3 is 0 Å². The van der Waals surface area contributed by atoms with Crippen molar-refractivity contribution in [1.29, 1.82) is 0 Å². The zero-order chi connectivity index (χ0) is 13.1. The monoisotopic (exact) mass is 255 g/mol. The second kappa shape index (κ2) is 5.05. The van der Waals surface area contributed by atoms with E-state index in [1.165, 1.54) is 12.3 Å². The maximum absolute atomic E-state index is 11.4. The van der Waals surface area contributed by atoms with Gasteiger partial charge in [0.25, 0.3) is 0 Å². The Balaban J connectivity index is 2.60. The fourth-order valence-corrected chi connectivity index (χ4v) is 1.53. The highest BCUT2D eigenvalue weighted by Crippen LogP contribution is 2.22. The Bertz CT molecular complexity index is 460. The summed E-state index contributed by atoms with van der Waals surface area (Å²) in [5.41, 5.74) is 1.86. The third kappa shape index (κ3) is 3.95. The van der Waals surface area contributed by atoms with Crippen molar-refractivity contribution in [2.24, 2.45) is 10.5 Å². The SMILES string of the molecule is CC(C)(C)C(=O)N/N=C\c1ccc([N+](=O)[O-])s1. The first-order chi connectivity index (χ1) is 7.80. The molecule has 1 aromatic heterocycles. The molecule has 6 nitrogen and oxygen atoms in total. The van der Waals surface area contributed by atoms with Crippen molar-refractivity contribution < 1.29 is 9.72 Å². The van der Waals surface area contributed by atoms with Crippen LogP contribution in [0, 0.1) is 15.5 Å². The highest BCUT2D eigenvalue weighted by Gasteiger charge is 2.20. The van der Waals surface area contributed by atoms with Crippen molar-refractivity contribution in [3.05, 3.63) is 27.1 Å². The van der Waals surface area contributed by atoms with E-state index in [0.717, 1.165) is 11.3 Å². The van der Waals surface area contributed by atoms with Crippen molar-refractivity contribution in [2.75, 3.05) is 0 Å². The maximum Gasteiger partial charge on any atom is 0.324 e. The fraction of sp³-hybridized carbons (Fsp3) is 0.400. The van der Waals surface area contributed by atoms with Crippen LogP contribution in [0.3, 0.4) is 0 Å². The highest BCUT2D eigenvalue weighted by molar-refractivity contribution is 7.16. The van der Waals surface area contributed by atoms with Crippen LogP contribution in [0.5, 0.6) is 0 Å². The predicted molar refractivity (Wildman–Crippen MR) is 66.2 cm³/mol. The number of carbonyl (C=O) groups is 1.